The molecule has 8 heteroatoms. The second-order valence-electron chi connectivity index (χ2n) is 7.16. The zero-order chi connectivity index (χ0) is 22.0. The van der Waals surface area contributed by atoms with Gasteiger partial charge < -0.3 is 4.74 Å². The lowest BCUT2D eigenvalue weighted by Crippen LogP contribution is -2.25. The van der Waals surface area contributed by atoms with E-state index in [-0.39, 0.29) is 11.1 Å². The van der Waals surface area contributed by atoms with E-state index in [1.165, 1.54) is 0 Å². The van der Waals surface area contributed by atoms with E-state index >= 15 is 0 Å². The number of thiazole rings is 1. The van der Waals surface area contributed by atoms with Gasteiger partial charge in [0.1, 0.15) is 11.1 Å². The standard InChI is InChI=1S/C23H20N2O4S2/c1-13(19-14(2)30-21(24-19)16-6-4-3-5-7-16)29-22(27)17-10-8-15(9-11-17)12-18-20(26)25-23(28)31-18/h3-11,13,18H,12H2,1-2H3,(H,25,26,28). The normalized spacial score (nSPS) is 16.8. The third kappa shape index (κ3) is 4.86. The number of ether oxygens (including phenoxy) is 1. The lowest BCUT2D eigenvalue weighted by molar-refractivity contribution is -0.118. The molecule has 2 atom stereocenters. The highest BCUT2D eigenvalue weighted by atomic mass is 32.2. The van der Waals surface area contributed by atoms with Crippen LogP contribution >= 0.6 is 23.1 Å². The maximum Gasteiger partial charge on any atom is 0.338 e. The van der Waals surface area contributed by atoms with Gasteiger partial charge in [0.05, 0.1) is 16.5 Å². The number of esters is 1. The molecule has 1 aliphatic rings. The van der Waals surface area contributed by atoms with Crippen LogP contribution in [-0.4, -0.2) is 27.3 Å². The number of aromatic nitrogens is 1. The van der Waals surface area contributed by atoms with E-state index in [0.717, 1.165) is 38.5 Å². The maximum absolute atomic E-state index is 12.6. The fraction of sp³-hybridized carbons (Fsp3) is 0.217. The Labute approximate surface area is 188 Å². The Morgan fingerprint density at radius 1 is 1.13 bits per heavy atom. The third-order valence-electron chi connectivity index (χ3n) is 4.90. The summed E-state index contributed by atoms with van der Waals surface area (Å²) in [5.74, 6) is -0.711. The van der Waals surface area contributed by atoms with Gasteiger partial charge in [0.25, 0.3) is 5.24 Å². The summed E-state index contributed by atoms with van der Waals surface area (Å²) in [7, 11) is 0. The Kier molecular flexibility index (Phi) is 6.20. The molecule has 1 N–H and O–H groups in total. The minimum absolute atomic E-state index is 0.277. The SMILES string of the molecule is Cc1sc(-c2ccccc2)nc1C(C)OC(=O)c1ccc(CC2SC(=O)NC2=O)cc1. The highest BCUT2D eigenvalue weighted by Crippen LogP contribution is 2.32. The van der Waals surface area contributed by atoms with Crippen molar-refractivity contribution in [2.45, 2.75) is 31.6 Å². The molecular weight excluding hydrogens is 432 g/mol. The van der Waals surface area contributed by atoms with Crippen molar-refractivity contribution in [1.82, 2.24) is 10.3 Å². The van der Waals surface area contributed by atoms with Crippen molar-refractivity contribution in [2.75, 3.05) is 0 Å². The number of benzene rings is 2. The highest BCUT2D eigenvalue weighted by Gasteiger charge is 2.31. The van der Waals surface area contributed by atoms with E-state index in [2.05, 4.69) is 10.3 Å². The summed E-state index contributed by atoms with van der Waals surface area (Å²) in [6.07, 6.45) is -0.0562. The van der Waals surface area contributed by atoms with Crippen molar-refractivity contribution in [3.8, 4) is 10.6 Å². The van der Waals surface area contributed by atoms with Gasteiger partial charge in [-0.3, -0.25) is 14.9 Å². The van der Waals surface area contributed by atoms with Gasteiger partial charge in [0.2, 0.25) is 5.91 Å². The van der Waals surface area contributed by atoms with E-state index in [1.54, 1.807) is 35.6 Å². The van der Waals surface area contributed by atoms with Crippen LogP contribution < -0.4 is 5.32 Å². The van der Waals surface area contributed by atoms with E-state index in [0.29, 0.717) is 12.0 Å². The molecule has 6 nitrogen and oxygen atoms in total. The molecule has 1 aromatic heterocycles. The number of nitrogens with zero attached hydrogens (tertiary/aromatic N) is 1. The van der Waals surface area contributed by atoms with Crippen LogP contribution in [-0.2, 0) is 16.0 Å². The third-order valence-corrected chi connectivity index (χ3v) is 6.92. The van der Waals surface area contributed by atoms with Crippen LogP contribution in [0.4, 0.5) is 4.79 Å². The van der Waals surface area contributed by atoms with E-state index in [1.807, 2.05) is 44.2 Å². The van der Waals surface area contributed by atoms with Crippen molar-refractivity contribution >= 4 is 40.2 Å². The number of hydrogen-bond donors (Lipinski definition) is 1. The molecule has 31 heavy (non-hydrogen) atoms. The number of nitrogens with one attached hydrogen (secondary N) is 1. The smallest absolute Gasteiger partial charge is 0.338 e. The Morgan fingerprint density at radius 3 is 2.48 bits per heavy atom. The topological polar surface area (TPSA) is 85.4 Å². The largest absolute Gasteiger partial charge is 0.453 e. The van der Waals surface area contributed by atoms with E-state index < -0.39 is 17.3 Å². The van der Waals surface area contributed by atoms with Crippen molar-refractivity contribution in [1.29, 1.82) is 0 Å². The predicted molar refractivity (Wildman–Crippen MR) is 121 cm³/mol. The summed E-state index contributed by atoms with van der Waals surface area (Å²) in [4.78, 5) is 41.3. The van der Waals surface area contributed by atoms with Crippen LogP contribution in [0.5, 0.6) is 0 Å². The molecule has 1 saturated heterocycles. The fourth-order valence-electron chi connectivity index (χ4n) is 3.29. The first kappa shape index (κ1) is 21.3. The van der Waals surface area contributed by atoms with Crippen molar-refractivity contribution in [3.63, 3.8) is 0 Å². The Morgan fingerprint density at radius 2 is 1.84 bits per heavy atom. The first-order valence-electron chi connectivity index (χ1n) is 9.75. The number of hydrogen-bond acceptors (Lipinski definition) is 7. The molecular formula is C23H20N2O4S2. The number of thioether (sulfide) groups is 1. The molecule has 0 bridgehead atoms. The van der Waals surface area contributed by atoms with Crippen LogP contribution in [0, 0.1) is 6.92 Å². The zero-order valence-corrected chi connectivity index (χ0v) is 18.6. The summed E-state index contributed by atoms with van der Waals surface area (Å²) in [5, 5.41) is 2.42. The molecule has 4 rings (SSSR count). The molecule has 2 heterocycles. The first-order valence-corrected chi connectivity index (χ1v) is 11.4. The van der Waals surface area contributed by atoms with Crippen LogP contribution in [0.1, 0.15) is 39.5 Å². The average molecular weight is 453 g/mol. The van der Waals surface area contributed by atoms with Gasteiger partial charge in [-0.25, -0.2) is 9.78 Å². The zero-order valence-electron chi connectivity index (χ0n) is 17.0. The first-order chi connectivity index (χ1) is 14.9. The van der Waals surface area contributed by atoms with Crippen molar-refractivity contribution < 1.29 is 19.1 Å². The minimum atomic E-state index is -0.481. The van der Waals surface area contributed by atoms with Gasteiger partial charge >= 0.3 is 5.97 Å². The number of carbonyl (C=O) groups excluding carboxylic acids is 3. The maximum atomic E-state index is 12.6. The van der Waals surface area contributed by atoms with Gasteiger partial charge in [-0.05, 0) is 38.0 Å². The second kappa shape index (κ2) is 9.03. The Hall–Kier alpha value is -2.97. The van der Waals surface area contributed by atoms with Gasteiger partial charge in [0.15, 0.2) is 0 Å². The molecule has 0 aliphatic carbocycles. The number of rotatable bonds is 6. The molecule has 0 saturated carbocycles. The van der Waals surface area contributed by atoms with Crippen LogP contribution in [0.15, 0.2) is 54.6 Å². The lowest BCUT2D eigenvalue weighted by atomic mass is 10.1. The Balaban J connectivity index is 1.41. The number of amides is 2. The molecule has 1 aliphatic heterocycles. The summed E-state index contributed by atoms with van der Waals surface area (Å²) in [5.41, 5.74) is 3.08. The highest BCUT2D eigenvalue weighted by molar-refractivity contribution is 8.15. The summed E-state index contributed by atoms with van der Waals surface area (Å²) >= 11 is 2.56. The number of imide groups is 1. The molecule has 1 fully saturated rings. The van der Waals surface area contributed by atoms with Crippen LogP contribution in [0.3, 0.4) is 0 Å². The second-order valence-corrected chi connectivity index (χ2v) is 9.54. The Bertz CT molecular complexity index is 1130. The summed E-state index contributed by atoms with van der Waals surface area (Å²) in [6.45, 7) is 3.79. The van der Waals surface area contributed by atoms with E-state index in [9.17, 15) is 14.4 Å². The van der Waals surface area contributed by atoms with Gasteiger partial charge in [-0.15, -0.1) is 11.3 Å². The molecule has 158 valence electrons. The molecule has 2 unspecified atom stereocenters. The van der Waals surface area contributed by atoms with Crippen molar-refractivity contribution in [3.05, 3.63) is 76.3 Å². The summed E-state index contributed by atoms with van der Waals surface area (Å²) in [6, 6.07) is 16.8. The molecule has 0 radical (unpaired) electrons. The minimum Gasteiger partial charge on any atom is -0.453 e. The summed E-state index contributed by atoms with van der Waals surface area (Å²) < 4.78 is 5.65. The molecule has 3 aromatic rings. The quantitative estimate of drug-likeness (QED) is 0.534. The van der Waals surface area contributed by atoms with Gasteiger partial charge in [-0.2, -0.15) is 0 Å². The van der Waals surface area contributed by atoms with Gasteiger partial charge in [-0.1, -0.05) is 54.2 Å². The fourth-order valence-corrected chi connectivity index (χ4v) is 5.16. The molecule has 0 spiro atoms. The lowest BCUT2D eigenvalue weighted by Gasteiger charge is -2.12. The van der Waals surface area contributed by atoms with Crippen LogP contribution in [0.25, 0.3) is 10.6 Å². The monoisotopic (exact) mass is 452 g/mol. The number of aryl methyl sites for hydroxylation is 1. The van der Waals surface area contributed by atoms with E-state index in [4.69, 9.17) is 4.74 Å². The van der Waals surface area contributed by atoms with Crippen molar-refractivity contribution in [2.24, 2.45) is 0 Å². The molecule has 2 amide bonds. The number of carbonyl (C=O) groups is 3. The molecule has 2 aromatic carbocycles. The van der Waals surface area contributed by atoms with Gasteiger partial charge in [0, 0.05) is 10.4 Å². The average Bonchev–Trinajstić information content (AvgIpc) is 3.30. The van der Waals surface area contributed by atoms with Crippen LogP contribution in [0.2, 0.25) is 0 Å². The predicted octanol–water partition coefficient (Wildman–Crippen LogP) is 4.93.